The van der Waals surface area contributed by atoms with Crippen molar-refractivity contribution in [3.8, 4) is 0 Å². The van der Waals surface area contributed by atoms with E-state index >= 15 is 0 Å². The molecular formula is C18H28F3NO4. The summed E-state index contributed by atoms with van der Waals surface area (Å²) < 4.78 is 48.5. The Bertz CT molecular complexity index is 536. The maximum Gasteiger partial charge on any atom is 0.412 e. The molecule has 0 saturated heterocycles. The number of carbonyl (C=O) groups excluding carboxylic acids is 1. The predicted octanol–water partition coefficient (Wildman–Crippen LogP) is 4.28. The second-order valence-electron chi connectivity index (χ2n) is 7.72. The minimum absolute atomic E-state index is 0.132. The van der Waals surface area contributed by atoms with Gasteiger partial charge in [-0.05, 0) is 45.6 Å². The first-order chi connectivity index (χ1) is 11.8. The Labute approximate surface area is 152 Å². The molecule has 0 saturated carbocycles. The largest absolute Gasteiger partial charge is 0.441 e. The summed E-state index contributed by atoms with van der Waals surface area (Å²) in [6, 6.07) is 0. The van der Waals surface area contributed by atoms with Gasteiger partial charge in [0.2, 0.25) is 0 Å². The quantitative estimate of drug-likeness (QED) is 0.676. The predicted molar refractivity (Wildman–Crippen MR) is 91.1 cm³/mol. The molecule has 0 bridgehead atoms. The summed E-state index contributed by atoms with van der Waals surface area (Å²) in [4.78, 5) is 12.1. The smallest absolute Gasteiger partial charge is 0.412 e. The second kappa shape index (κ2) is 8.90. The first-order valence-corrected chi connectivity index (χ1v) is 8.56. The SMILES string of the molecule is CC(C)CC(OC(=O)NC1=CCC(C(F)(F)F)C=C1)C(O)OC(C)(C)C. The number of nitrogens with one attached hydrogen (secondary N) is 1. The fraction of sp³-hybridized carbons (Fsp3) is 0.722. The van der Waals surface area contributed by atoms with Crippen molar-refractivity contribution in [1.29, 1.82) is 0 Å². The van der Waals surface area contributed by atoms with Gasteiger partial charge in [-0.15, -0.1) is 0 Å². The van der Waals surface area contributed by atoms with E-state index in [4.69, 9.17) is 9.47 Å². The Hall–Kier alpha value is -1.54. The van der Waals surface area contributed by atoms with Crippen LogP contribution >= 0.6 is 0 Å². The van der Waals surface area contributed by atoms with Crippen LogP contribution in [0, 0.1) is 11.8 Å². The van der Waals surface area contributed by atoms with E-state index in [0.29, 0.717) is 6.42 Å². The zero-order valence-electron chi connectivity index (χ0n) is 15.8. The maximum absolute atomic E-state index is 12.6. The standard InChI is InChI=1S/C18H28F3NO4/c1-11(2)10-14(15(23)26-17(3,4)5)25-16(24)22-13-8-6-12(7-9-13)18(19,20)21/h6,8-9,11-12,14-15,23H,7,10H2,1-5H3,(H,22,24). The third-order valence-electron chi connectivity index (χ3n) is 3.52. The molecule has 0 aromatic rings. The van der Waals surface area contributed by atoms with Crippen LogP contribution in [0.5, 0.6) is 0 Å². The number of aliphatic hydroxyl groups excluding tert-OH is 1. The maximum atomic E-state index is 12.6. The number of allylic oxidation sites excluding steroid dienone is 3. The van der Waals surface area contributed by atoms with Gasteiger partial charge in [0.15, 0.2) is 12.4 Å². The Kier molecular flexibility index (Phi) is 7.70. The third-order valence-corrected chi connectivity index (χ3v) is 3.52. The normalized spacial score (nSPS) is 20.5. The summed E-state index contributed by atoms with van der Waals surface area (Å²) >= 11 is 0. The number of alkyl halides is 3. The molecule has 5 nitrogen and oxygen atoms in total. The van der Waals surface area contributed by atoms with Crippen LogP contribution in [0.25, 0.3) is 0 Å². The average molecular weight is 379 g/mol. The van der Waals surface area contributed by atoms with E-state index in [1.165, 1.54) is 12.2 Å². The number of ether oxygens (including phenoxy) is 2. The van der Waals surface area contributed by atoms with Gasteiger partial charge in [-0.25, -0.2) is 4.79 Å². The van der Waals surface area contributed by atoms with E-state index in [-0.39, 0.29) is 18.0 Å². The number of rotatable bonds is 6. The van der Waals surface area contributed by atoms with Crippen molar-refractivity contribution in [3.63, 3.8) is 0 Å². The molecule has 0 radical (unpaired) electrons. The zero-order valence-corrected chi connectivity index (χ0v) is 15.8. The molecule has 1 rings (SSSR count). The van der Waals surface area contributed by atoms with Crippen molar-refractivity contribution < 1.29 is 32.5 Å². The molecule has 0 aliphatic heterocycles. The summed E-state index contributed by atoms with van der Waals surface area (Å²) in [5, 5.41) is 12.6. The number of carbonyl (C=O) groups is 1. The Morgan fingerprint density at radius 2 is 1.96 bits per heavy atom. The van der Waals surface area contributed by atoms with E-state index in [1.807, 2.05) is 13.8 Å². The van der Waals surface area contributed by atoms with Crippen molar-refractivity contribution >= 4 is 6.09 Å². The first kappa shape index (κ1) is 22.5. The van der Waals surface area contributed by atoms with Crippen LogP contribution in [0.3, 0.4) is 0 Å². The number of aliphatic hydroxyl groups is 1. The molecule has 1 aliphatic rings. The van der Waals surface area contributed by atoms with Crippen LogP contribution in [0.1, 0.15) is 47.5 Å². The van der Waals surface area contributed by atoms with Crippen LogP contribution in [0.15, 0.2) is 23.9 Å². The highest BCUT2D eigenvalue weighted by atomic mass is 19.4. The van der Waals surface area contributed by atoms with Gasteiger partial charge in [0.25, 0.3) is 0 Å². The van der Waals surface area contributed by atoms with Crippen molar-refractivity contribution in [2.24, 2.45) is 11.8 Å². The Morgan fingerprint density at radius 3 is 2.38 bits per heavy atom. The van der Waals surface area contributed by atoms with Gasteiger partial charge in [0.05, 0.1) is 11.5 Å². The molecule has 0 aromatic carbocycles. The number of hydrogen-bond acceptors (Lipinski definition) is 4. The fourth-order valence-corrected chi connectivity index (χ4v) is 2.37. The van der Waals surface area contributed by atoms with Gasteiger partial charge in [-0.3, -0.25) is 5.32 Å². The topological polar surface area (TPSA) is 67.8 Å². The van der Waals surface area contributed by atoms with Crippen molar-refractivity contribution in [1.82, 2.24) is 5.32 Å². The van der Waals surface area contributed by atoms with Gasteiger partial charge in [0.1, 0.15) is 0 Å². The number of halogens is 3. The summed E-state index contributed by atoms with van der Waals surface area (Å²) in [7, 11) is 0. The third kappa shape index (κ3) is 8.23. The summed E-state index contributed by atoms with van der Waals surface area (Å²) in [5.41, 5.74) is -0.402. The number of amides is 1. The fourth-order valence-electron chi connectivity index (χ4n) is 2.37. The molecule has 0 aromatic heterocycles. The van der Waals surface area contributed by atoms with Crippen LogP contribution < -0.4 is 5.32 Å². The Morgan fingerprint density at radius 1 is 1.35 bits per heavy atom. The lowest BCUT2D eigenvalue weighted by molar-refractivity contribution is -0.212. The molecule has 26 heavy (non-hydrogen) atoms. The van der Waals surface area contributed by atoms with Gasteiger partial charge in [0, 0.05) is 5.70 Å². The van der Waals surface area contributed by atoms with E-state index in [1.54, 1.807) is 20.8 Å². The average Bonchev–Trinajstić information content (AvgIpc) is 2.43. The van der Waals surface area contributed by atoms with Gasteiger partial charge in [-0.2, -0.15) is 13.2 Å². The molecule has 0 spiro atoms. The summed E-state index contributed by atoms with van der Waals surface area (Å²) in [6.07, 6.45) is -3.76. The molecule has 3 atom stereocenters. The molecular weight excluding hydrogens is 351 g/mol. The van der Waals surface area contributed by atoms with E-state index in [2.05, 4.69) is 5.32 Å². The highest BCUT2D eigenvalue weighted by molar-refractivity contribution is 5.70. The molecule has 2 N–H and O–H groups in total. The molecule has 150 valence electrons. The molecule has 0 fully saturated rings. The molecule has 3 unspecified atom stereocenters. The number of hydrogen-bond donors (Lipinski definition) is 2. The molecule has 1 aliphatic carbocycles. The van der Waals surface area contributed by atoms with Crippen LogP contribution in [0.2, 0.25) is 0 Å². The zero-order chi connectivity index (χ0) is 20.1. The molecule has 0 heterocycles. The van der Waals surface area contributed by atoms with Crippen LogP contribution in [0.4, 0.5) is 18.0 Å². The first-order valence-electron chi connectivity index (χ1n) is 8.56. The van der Waals surface area contributed by atoms with Gasteiger partial charge < -0.3 is 14.6 Å². The van der Waals surface area contributed by atoms with Crippen LogP contribution in [-0.2, 0) is 9.47 Å². The lowest BCUT2D eigenvalue weighted by Crippen LogP contribution is -2.41. The van der Waals surface area contributed by atoms with Crippen molar-refractivity contribution in [3.05, 3.63) is 23.9 Å². The van der Waals surface area contributed by atoms with Crippen LogP contribution in [-0.4, -0.2) is 35.4 Å². The lowest BCUT2D eigenvalue weighted by atomic mass is 9.99. The van der Waals surface area contributed by atoms with Crippen molar-refractivity contribution in [2.75, 3.05) is 0 Å². The monoisotopic (exact) mass is 379 g/mol. The molecule has 8 heteroatoms. The minimum atomic E-state index is -4.31. The Balaban J connectivity index is 2.65. The highest BCUT2D eigenvalue weighted by Crippen LogP contribution is 2.32. The van der Waals surface area contributed by atoms with E-state index in [0.717, 1.165) is 6.08 Å². The number of alkyl carbamates (subject to hydrolysis) is 1. The summed E-state index contributed by atoms with van der Waals surface area (Å²) in [6.45, 7) is 9.09. The summed E-state index contributed by atoms with van der Waals surface area (Å²) in [5.74, 6) is -1.42. The highest BCUT2D eigenvalue weighted by Gasteiger charge is 2.38. The minimum Gasteiger partial charge on any atom is -0.441 e. The lowest BCUT2D eigenvalue weighted by Gasteiger charge is -2.30. The van der Waals surface area contributed by atoms with Gasteiger partial charge in [-0.1, -0.05) is 26.0 Å². The van der Waals surface area contributed by atoms with E-state index < -0.39 is 36.2 Å². The van der Waals surface area contributed by atoms with Gasteiger partial charge >= 0.3 is 12.3 Å². The molecule has 1 amide bonds. The van der Waals surface area contributed by atoms with E-state index in [9.17, 15) is 23.1 Å². The van der Waals surface area contributed by atoms with Crippen molar-refractivity contribution in [2.45, 2.75) is 71.6 Å². The second-order valence-corrected chi connectivity index (χ2v) is 7.72.